The zero-order chi connectivity index (χ0) is 31.1. The van der Waals surface area contributed by atoms with E-state index in [0.29, 0.717) is 74.9 Å². The van der Waals surface area contributed by atoms with Gasteiger partial charge in [-0.2, -0.15) is 0 Å². The first kappa shape index (κ1) is 35.5. The number of aryl methyl sites for hydroxylation is 1. The Bertz CT molecular complexity index is 1120. The Balaban J connectivity index is 1.50. The Kier molecular flexibility index (Phi) is 15.3. The summed E-state index contributed by atoms with van der Waals surface area (Å²) < 4.78 is 16.2. The van der Waals surface area contributed by atoms with E-state index in [1.54, 1.807) is 12.1 Å². The molecule has 0 saturated heterocycles. The van der Waals surface area contributed by atoms with Crippen LogP contribution in [0.4, 0.5) is 0 Å². The molecule has 1 aromatic rings. The number of amides is 2. The monoisotopic (exact) mass is 628 g/mol. The molecule has 0 unspecified atom stereocenters. The second-order valence-corrected chi connectivity index (χ2v) is 11.8. The van der Waals surface area contributed by atoms with Crippen LogP contribution in [0.5, 0.6) is 0 Å². The van der Waals surface area contributed by atoms with E-state index in [0.717, 1.165) is 5.56 Å². The maximum atomic E-state index is 12.5. The van der Waals surface area contributed by atoms with Gasteiger partial charge < -0.3 is 29.5 Å². The summed E-state index contributed by atoms with van der Waals surface area (Å²) in [6.07, 6.45) is 3.34. The molecule has 2 amide bonds. The van der Waals surface area contributed by atoms with E-state index in [4.69, 9.17) is 37.4 Å². The maximum Gasteiger partial charge on any atom is 0.306 e. The minimum absolute atomic E-state index is 0.00888. The van der Waals surface area contributed by atoms with Crippen molar-refractivity contribution in [2.75, 3.05) is 46.1 Å². The predicted molar refractivity (Wildman–Crippen MR) is 160 cm³/mol. The van der Waals surface area contributed by atoms with Gasteiger partial charge in [-0.1, -0.05) is 29.3 Å². The van der Waals surface area contributed by atoms with Gasteiger partial charge in [-0.15, -0.1) is 0 Å². The van der Waals surface area contributed by atoms with Crippen LogP contribution in [0.2, 0.25) is 10.0 Å². The summed E-state index contributed by atoms with van der Waals surface area (Å²) in [5.74, 6) is -1.84. The fourth-order valence-corrected chi connectivity index (χ4v) is 4.41. The molecule has 1 heterocycles. The zero-order valence-electron chi connectivity index (χ0n) is 24.6. The van der Waals surface area contributed by atoms with Crippen molar-refractivity contribution in [2.45, 2.75) is 71.3 Å². The van der Waals surface area contributed by atoms with Gasteiger partial charge in [0.15, 0.2) is 5.76 Å². The first-order valence-corrected chi connectivity index (χ1v) is 15.0. The summed E-state index contributed by atoms with van der Waals surface area (Å²) in [6.45, 7) is 7.29. The number of benzene rings is 1. The number of carbonyl (C=O) groups is 4. The molecule has 0 atom stereocenters. The van der Waals surface area contributed by atoms with Crippen LogP contribution < -0.4 is 5.32 Å². The molecule has 0 saturated carbocycles. The highest BCUT2D eigenvalue weighted by Crippen LogP contribution is 2.23. The van der Waals surface area contributed by atoms with E-state index in [2.05, 4.69) is 5.32 Å². The van der Waals surface area contributed by atoms with Crippen molar-refractivity contribution < 1.29 is 38.5 Å². The molecule has 1 aliphatic rings. The first-order chi connectivity index (χ1) is 19.9. The zero-order valence-corrected chi connectivity index (χ0v) is 26.2. The van der Waals surface area contributed by atoms with E-state index >= 15 is 0 Å². The van der Waals surface area contributed by atoms with Crippen molar-refractivity contribution in [1.29, 1.82) is 0 Å². The van der Waals surface area contributed by atoms with Crippen molar-refractivity contribution in [3.63, 3.8) is 0 Å². The smallest absolute Gasteiger partial charge is 0.306 e. The third-order valence-corrected chi connectivity index (χ3v) is 6.93. The molecule has 234 valence electrons. The molecule has 0 aliphatic carbocycles. The number of hydrogen-bond donors (Lipinski definition) is 2. The lowest BCUT2D eigenvalue weighted by molar-refractivity contribution is -0.154. The summed E-state index contributed by atoms with van der Waals surface area (Å²) in [6, 6.07) is 5.38. The number of hydrogen-bond acceptors (Lipinski definition) is 8. The largest absolute Gasteiger partial charge is 0.503 e. The Morgan fingerprint density at radius 3 is 2.33 bits per heavy atom. The van der Waals surface area contributed by atoms with Gasteiger partial charge in [-0.3, -0.25) is 19.2 Å². The molecule has 0 aromatic heterocycles. The van der Waals surface area contributed by atoms with Crippen LogP contribution in [-0.2, 0) is 39.8 Å². The molecule has 2 N–H and O–H groups in total. The van der Waals surface area contributed by atoms with E-state index in [-0.39, 0.29) is 43.4 Å². The second kappa shape index (κ2) is 18.1. The summed E-state index contributed by atoms with van der Waals surface area (Å²) in [7, 11) is 0. The lowest BCUT2D eigenvalue weighted by Crippen LogP contribution is -2.33. The topological polar surface area (TPSA) is 131 Å². The van der Waals surface area contributed by atoms with E-state index < -0.39 is 23.2 Å². The quantitative estimate of drug-likeness (QED) is 0.168. The van der Waals surface area contributed by atoms with Gasteiger partial charge in [0.05, 0.1) is 42.0 Å². The Morgan fingerprint density at radius 2 is 1.64 bits per heavy atom. The molecular formula is C30H42Cl2N2O8. The molecule has 0 fully saturated rings. The highest BCUT2D eigenvalue weighted by Gasteiger charge is 2.33. The average molecular weight is 630 g/mol. The van der Waals surface area contributed by atoms with Gasteiger partial charge in [0, 0.05) is 39.0 Å². The lowest BCUT2D eigenvalue weighted by atomic mass is 10.1. The fraction of sp³-hybridized carbons (Fsp3) is 0.600. The number of ether oxygens (including phenoxy) is 3. The van der Waals surface area contributed by atoms with Crippen LogP contribution in [0.1, 0.15) is 64.9 Å². The normalized spacial score (nSPS) is 13.5. The third kappa shape index (κ3) is 13.5. The van der Waals surface area contributed by atoms with Crippen LogP contribution in [0.25, 0.3) is 0 Å². The van der Waals surface area contributed by atoms with Crippen LogP contribution in [-0.4, -0.2) is 85.2 Å². The Labute approximate surface area is 257 Å². The number of nitrogens with one attached hydrogen (secondary N) is 1. The standard InChI is InChI=1S/C30H42Cl2N2O8/c1-30(2,3)42-26(36)10-4-8-22(35)9-6-15-40-17-18-41-16-14-34-20-23(27(37)29(34)39)28(38)33-13-5-7-21-11-12-24(31)25(32)19-21/h11-12,19,37H,4-10,13-18,20H2,1-3H3,(H,33,38). The molecule has 2 rings (SSSR count). The van der Waals surface area contributed by atoms with Crippen LogP contribution in [0, 0.1) is 0 Å². The second-order valence-electron chi connectivity index (χ2n) is 11.0. The van der Waals surface area contributed by atoms with E-state index in [1.807, 2.05) is 26.8 Å². The van der Waals surface area contributed by atoms with Crippen LogP contribution in [0.15, 0.2) is 29.5 Å². The predicted octanol–water partition coefficient (Wildman–Crippen LogP) is 4.59. The maximum absolute atomic E-state index is 12.5. The highest BCUT2D eigenvalue weighted by molar-refractivity contribution is 6.42. The van der Waals surface area contributed by atoms with Crippen molar-refractivity contribution >= 4 is 46.8 Å². The number of aliphatic hydroxyl groups is 1. The average Bonchev–Trinajstić information content (AvgIpc) is 3.19. The molecule has 0 bridgehead atoms. The molecule has 42 heavy (non-hydrogen) atoms. The van der Waals surface area contributed by atoms with Gasteiger partial charge in [0.1, 0.15) is 11.4 Å². The molecule has 1 aliphatic heterocycles. The third-order valence-electron chi connectivity index (χ3n) is 6.19. The number of nitrogens with zero attached hydrogens (tertiary/aromatic N) is 1. The van der Waals surface area contributed by atoms with Gasteiger partial charge >= 0.3 is 5.97 Å². The van der Waals surface area contributed by atoms with Crippen molar-refractivity contribution in [1.82, 2.24) is 10.2 Å². The molecule has 0 radical (unpaired) electrons. The van der Waals surface area contributed by atoms with Gasteiger partial charge in [0.2, 0.25) is 0 Å². The molecule has 12 heteroatoms. The fourth-order valence-electron chi connectivity index (χ4n) is 4.09. The minimum atomic E-state index is -0.605. The molecule has 10 nitrogen and oxygen atoms in total. The molecule has 1 aromatic carbocycles. The first-order valence-electron chi connectivity index (χ1n) is 14.2. The highest BCUT2D eigenvalue weighted by atomic mass is 35.5. The number of Topliss-reactive ketones (excluding diaryl/α,β-unsaturated/α-hetero) is 1. The SMILES string of the molecule is CC(C)(C)OC(=O)CCCC(=O)CCCOCCOCCN1CC(C(=O)NCCCc2ccc(Cl)c(Cl)c2)=C(O)C1=O. The molecular weight excluding hydrogens is 587 g/mol. The van der Waals surface area contributed by atoms with Crippen LogP contribution in [0.3, 0.4) is 0 Å². The Morgan fingerprint density at radius 1 is 0.952 bits per heavy atom. The van der Waals surface area contributed by atoms with Crippen molar-refractivity contribution in [3.05, 3.63) is 45.1 Å². The number of halogens is 2. The van der Waals surface area contributed by atoms with Gasteiger partial charge in [-0.25, -0.2) is 0 Å². The van der Waals surface area contributed by atoms with Crippen LogP contribution >= 0.6 is 23.2 Å². The number of ketones is 1. The van der Waals surface area contributed by atoms with Crippen molar-refractivity contribution in [3.8, 4) is 0 Å². The van der Waals surface area contributed by atoms with Crippen molar-refractivity contribution in [2.24, 2.45) is 0 Å². The van der Waals surface area contributed by atoms with Gasteiger partial charge in [0.25, 0.3) is 11.8 Å². The number of carbonyl (C=O) groups excluding carboxylic acids is 4. The summed E-state index contributed by atoms with van der Waals surface area (Å²) in [5.41, 5.74) is 0.510. The number of aliphatic hydroxyl groups excluding tert-OH is 1. The van der Waals surface area contributed by atoms with E-state index in [9.17, 15) is 24.3 Å². The summed E-state index contributed by atoms with van der Waals surface area (Å²) in [5, 5.41) is 13.9. The van der Waals surface area contributed by atoms with E-state index in [1.165, 1.54) is 4.90 Å². The number of esters is 1. The Hall–Kier alpha value is -2.66. The van der Waals surface area contributed by atoms with Gasteiger partial charge in [-0.05, 0) is 64.2 Å². The minimum Gasteiger partial charge on any atom is -0.503 e. The number of rotatable bonds is 19. The summed E-state index contributed by atoms with van der Waals surface area (Å²) >= 11 is 11.9. The summed E-state index contributed by atoms with van der Waals surface area (Å²) in [4.78, 5) is 49.8. The lowest BCUT2D eigenvalue weighted by Gasteiger charge is -2.19. The molecule has 0 spiro atoms.